The Labute approximate surface area is 75.3 Å². The van der Waals surface area contributed by atoms with E-state index >= 15 is 0 Å². The zero-order chi connectivity index (χ0) is 9.90. The number of halogens is 2. The molecule has 0 fully saturated rings. The van der Waals surface area contributed by atoms with E-state index in [2.05, 4.69) is 10.5 Å². The van der Waals surface area contributed by atoms with Crippen molar-refractivity contribution < 1.29 is 13.5 Å². The van der Waals surface area contributed by atoms with Crippen molar-refractivity contribution in [2.75, 3.05) is 0 Å². The molecule has 13 heavy (non-hydrogen) atoms. The van der Waals surface area contributed by atoms with Crippen LogP contribution in [-0.4, -0.2) is 6.23 Å². The van der Waals surface area contributed by atoms with Gasteiger partial charge in [-0.2, -0.15) is 0 Å². The molecule has 0 radical (unpaired) electrons. The number of nitrogens with two attached hydrogens (primary N) is 1. The van der Waals surface area contributed by atoms with Crippen LogP contribution in [0.2, 0.25) is 0 Å². The molecule has 1 aromatic carbocycles. The van der Waals surface area contributed by atoms with Gasteiger partial charge in [0, 0.05) is 0 Å². The number of alkyl halides is 2. The van der Waals surface area contributed by atoms with E-state index in [0.29, 0.717) is 0 Å². The van der Waals surface area contributed by atoms with Gasteiger partial charge in [-0.3, -0.25) is 0 Å². The Balaban J connectivity index is 2.70. The van der Waals surface area contributed by atoms with Crippen molar-refractivity contribution in [3.05, 3.63) is 29.8 Å². The molecule has 4 heteroatoms. The second kappa shape index (κ2) is 3.70. The Morgan fingerprint density at radius 2 is 1.85 bits per heavy atom. The zero-order valence-electron chi connectivity index (χ0n) is 7.26. The summed E-state index contributed by atoms with van der Waals surface area (Å²) in [6, 6.07) is 6.39. The number of hydrogen-bond acceptors (Lipinski definition) is 2. The molecule has 0 aliphatic heterocycles. The highest BCUT2D eigenvalue weighted by Gasteiger charge is 2.24. The van der Waals surface area contributed by atoms with Gasteiger partial charge < -0.3 is 4.74 Å². The normalized spacial score (nSPS) is 11.4. The first-order chi connectivity index (χ1) is 6.01. The topological polar surface area (TPSA) is 35.2 Å². The number of hydrogen-bond donors (Lipinski definition) is 1. The lowest BCUT2D eigenvalue weighted by molar-refractivity contribution is -0.170. The van der Waals surface area contributed by atoms with Crippen LogP contribution in [-0.2, 0) is 6.42 Å². The molecular formula is C9H11F2NO. The summed E-state index contributed by atoms with van der Waals surface area (Å²) in [7, 11) is 0. The van der Waals surface area contributed by atoms with Gasteiger partial charge in [0.2, 0.25) is 0 Å². The molecule has 0 spiro atoms. The van der Waals surface area contributed by atoms with Gasteiger partial charge in [-0.1, -0.05) is 19.1 Å². The molecule has 0 unspecified atom stereocenters. The number of aryl methyl sites for hydroxylation is 1. The largest absolute Gasteiger partial charge is 0.466 e. The third-order valence-corrected chi connectivity index (χ3v) is 1.59. The van der Waals surface area contributed by atoms with Crippen LogP contribution in [0.15, 0.2) is 24.3 Å². The molecular weight excluding hydrogens is 176 g/mol. The summed E-state index contributed by atoms with van der Waals surface area (Å²) in [6.07, 6.45) is -2.74. The Kier molecular flexibility index (Phi) is 2.83. The first-order valence-electron chi connectivity index (χ1n) is 3.96. The molecule has 1 aromatic rings. The van der Waals surface area contributed by atoms with Gasteiger partial charge >= 0.3 is 6.23 Å². The molecule has 0 atom stereocenters. The minimum atomic E-state index is -3.60. The van der Waals surface area contributed by atoms with Crippen LogP contribution in [0.3, 0.4) is 0 Å². The SMILES string of the molecule is CCc1ccc(OC(N)(F)F)cc1. The minimum absolute atomic E-state index is 0.0738. The van der Waals surface area contributed by atoms with E-state index < -0.39 is 6.23 Å². The molecule has 0 bridgehead atoms. The highest BCUT2D eigenvalue weighted by molar-refractivity contribution is 5.27. The summed E-state index contributed by atoms with van der Waals surface area (Å²) in [5.74, 6) is 0.0738. The number of benzene rings is 1. The first kappa shape index (κ1) is 9.92. The van der Waals surface area contributed by atoms with E-state index in [1.165, 1.54) is 12.1 Å². The molecule has 0 saturated heterocycles. The van der Waals surface area contributed by atoms with Crippen molar-refractivity contribution >= 4 is 0 Å². The first-order valence-corrected chi connectivity index (χ1v) is 3.96. The summed E-state index contributed by atoms with van der Waals surface area (Å²) in [4.78, 5) is 0. The predicted molar refractivity (Wildman–Crippen MR) is 45.6 cm³/mol. The van der Waals surface area contributed by atoms with Gasteiger partial charge in [0.15, 0.2) is 0 Å². The monoisotopic (exact) mass is 187 g/mol. The fourth-order valence-electron chi connectivity index (χ4n) is 0.950. The fourth-order valence-corrected chi connectivity index (χ4v) is 0.950. The Morgan fingerprint density at radius 1 is 1.31 bits per heavy atom. The van der Waals surface area contributed by atoms with Crippen LogP contribution >= 0.6 is 0 Å². The maximum atomic E-state index is 12.1. The molecule has 1 rings (SSSR count). The van der Waals surface area contributed by atoms with E-state index in [0.717, 1.165) is 12.0 Å². The van der Waals surface area contributed by atoms with Crippen molar-refractivity contribution in [1.82, 2.24) is 0 Å². The maximum absolute atomic E-state index is 12.1. The minimum Gasteiger partial charge on any atom is -0.420 e. The third kappa shape index (κ3) is 3.38. The lowest BCUT2D eigenvalue weighted by atomic mass is 10.2. The predicted octanol–water partition coefficient (Wildman–Crippen LogP) is 2.14. The molecule has 0 aliphatic carbocycles. The molecule has 0 amide bonds. The molecule has 0 heterocycles. The fraction of sp³-hybridized carbons (Fsp3) is 0.333. The molecule has 0 aliphatic rings. The molecule has 72 valence electrons. The molecule has 2 N–H and O–H groups in total. The Bertz CT molecular complexity index is 266. The number of rotatable bonds is 3. The smallest absolute Gasteiger partial charge is 0.420 e. The van der Waals surface area contributed by atoms with Crippen LogP contribution in [0.1, 0.15) is 12.5 Å². The highest BCUT2D eigenvalue weighted by atomic mass is 19.3. The van der Waals surface area contributed by atoms with Crippen LogP contribution in [0.25, 0.3) is 0 Å². The Hall–Kier alpha value is -1.16. The average Bonchev–Trinajstić information content (AvgIpc) is 2.03. The molecule has 2 nitrogen and oxygen atoms in total. The summed E-state index contributed by atoms with van der Waals surface area (Å²) in [5, 5.41) is 0. The van der Waals surface area contributed by atoms with Crippen molar-refractivity contribution in [1.29, 1.82) is 0 Å². The second-order valence-corrected chi connectivity index (χ2v) is 2.66. The molecule has 0 saturated carbocycles. The molecule has 0 aromatic heterocycles. The van der Waals surface area contributed by atoms with E-state index in [-0.39, 0.29) is 5.75 Å². The summed E-state index contributed by atoms with van der Waals surface area (Å²) < 4.78 is 28.4. The van der Waals surface area contributed by atoms with Crippen molar-refractivity contribution in [2.45, 2.75) is 19.6 Å². The second-order valence-electron chi connectivity index (χ2n) is 2.66. The van der Waals surface area contributed by atoms with E-state index in [1.54, 1.807) is 12.1 Å². The van der Waals surface area contributed by atoms with Gasteiger partial charge in [0.1, 0.15) is 5.75 Å². The lowest BCUT2D eigenvalue weighted by Crippen LogP contribution is -2.35. The van der Waals surface area contributed by atoms with Gasteiger partial charge in [-0.05, 0) is 24.1 Å². The van der Waals surface area contributed by atoms with Crippen molar-refractivity contribution in [3.63, 3.8) is 0 Å². The standard InChI is InChI=1S/C9H11F2NO/c1-2-7-3-5-8(6-4-7)13-9(10,11)12/h3-6H,2,12H2,1H3. The quantitative estimate of drug-likeness (QED) is 0.581. The number of ether oxygens (including phenoxy) is 1. The van der Waals surface area contributed by atoms with E-state index in [1.807, 2.05) is 6.92 Å². The Morgan fingerprint density at radius 3 is 2.23 bits per heavy atom. The maximum Gasteiger partial charge on any atom is 0.466 e. The van der Waals surface area contributed by atoms with Gasteiger partial charge in [0.25, 0.3) is 0 Å². The van der Waals surface area contributed by atoms with Crippen molar-refractivity contribution in [2.24, 2.45) is 5.73 Å². The lowest BCUT2D eigenvalue weighted by Gasteiger charge is -2.12. The van der Waals surface area contributed by atoms with E-state index in [4.69, 9.17) is 0 Å². The highest BCUT2D eigenvalue weighted by Crippen LogP contribution is 2.18. The van der Waals surface area contributed by atoms with Crippen LogP contribution < -0.4 is 10.5 Å². The third-order valence-electron chi connectivity index (χ3n) is 1.59. The van der Waals surface area contributed by atoms with Crippen LogP contribution in [0.5, 0.6) is 5.75 Å². The summed E-state index contributed by atoms with van der Waals surface area (Å²) >= 11 is 0. The summed E-state index contributed by atoms with van der Waals surface area (Å²) in [5.41, 5.74) is 5.45. The van der Waals surface area contributed by atoms with Crippen LogP contribution in [0, 0.1) is 0 Å². The van der Waals surface area contributed by atoms with Gasteiger partial charge in [-0.15, -0.1) is 8.78 Å². The zero-order valence-corrected chi connectivity index (χ0v) is 7.26. The van der Waals surface area contributed by atoms with E-state index in [9.17, 15) is 8.78 Å². The van der Waals surface area contributed by atoms with Gasteiger partial charge in [0.05, 0.1) is 0 Å². The van der Waals surface area contributed by atoms with Crippen molar-refractivity contribution in [3.8, 4) is 5.75 Å². The summed E-state index contributed by atoms with van der Waals surface area (Å²) in [6.45, 7) is 1.98. The van der Waals surface area contributed by atoms with Gasteiger partial charge in [-0.25, -0.2) is 5.73 Å². The average molecular weight is 187 g/mol. The van der Waals surface area contributed by atoms with Crippen LogP contribution in [0.4, 0.5) is 8.78 Å².